The standard InChI is InChI=1S/C12H16F4N2O/c1-2-5-19-7-11(18-17)8-3-4-10(13)9(6-8)12(14,15)16/h3-4,6,11,18H,2,5,7,17H2,1H3. The Labute approximate surface area is 108 Å². The first-order chi connectivity index (χ1) is 8.90. The van der Waals surface area contributed by atoms with Gasteiger partial charge in [0.2, 0.25) is 0 Å². The van der Waals surface area contributed by atoms with E-state index in [-0.39, 0.29) is 12.2 Å². The molecule has 0 bridgehead atoms. The molecule has 0 fully saturated rings. The molecular formula is C12H16F4N2O. The number of alkyl halides is 3. The van der Waals surface area contributed by atoms with Crippen molar-refractivity contribution in [3.05, 3.63) is 35.1 Å². The zero-order valence-electron chi connectivity index (χ0n) is 10.4. The third-order valence-electron chi connectivity index (χ3n) is 2.53. The summed E-state index contributed by atoms with van der Waals surface area (Å²) in [5.74, 6) is 3.98. The lowest BCUT2D eigenvalue weighted by Gasteiger charge is -2.18. The van der Waals surface area contributed by atoms with Crippen LogP contribution in [0.4, 0.5) is 17.6 Å². The van der Waals surface area contributed by atoms with Gasteiger partial charge in [-0.1, -0.05) is 13.0 Å². The maximum Gasteiger partial charge on any atom is 0.419 e. The van der Waals surface area contributed by atoms with Gasteiger partial charge in [0.15, 0.2) is 0 Å². The zero-order chi connectivity index (χ0) is 14.5. The molecule has 1 atom stereocenters. The van der Waals surface area contributed by atoms with Crippen molar-refractivity contribution in [2.24, 2.45) is 5.84 Å². The molecule has 0 aliphatic rings. The van der Waals surface area contributed by atoms with Crippen molar-refractivity contribution in [2.45, 2.75) is 25.6 Å². The average Bonchev–Trinajstić information content (AvgIpc) is 2.34. The third kappa shape index (κ3) is 4.45. The molecule has 1 rings (SSSR count). The van der Waals surface area contributed by atoms with Gasteiger partial charge in [0, 0.05) is 6.61 Å². The number of hydrazine groups is 1. The molecule has 7 heteroatoms. The van der Waals surface area contributed by atoms with Crippen LogP contribution < -0.4 is 11.3 Å². The largest absolute Gasteiger partial charge is 0.419 e. The highest BCUT2D eigenvalue weighted by Gasteiger charge is 2.34. The second-order valence-electron chi connectivity index (χ2n) is 4.03. The van der Waals surface area contributed by atoms with E-state index in [0.717, 1.165) is 18.6 Å². The van der Waals surface area contributed by atoms with Gasteiger partial charge in [-0.25, -0.2) is 4.39 Å². The second-order valence-corrected chi connectivity index (χ2v) is 4.03. The molecule has 19 heavy (non-hydrogen) atoms. The van der Waals surface area contributed by atoms with Crippen molar-refractivity contribution in [2.75, 3.05) is 13.2 Å². The minimum absolute atomic E-state index is 0.118. The first-order valence-electron chi connectivity index (χ1n) is 5.80. The monoisotopic (exact) mass is 280 g/mol. The molecule has 0 aliphatic heterocycles. The van der Waals surface area contributed by atoms with Gasteiger partial charge in [-0.05, 0) is 24.1 Å². The highest BCUT2D eigenvalue weighted by atomic mass is 19.4. The van der Waals surface area contributed by atoms with Gasteiger partial charge >= 0.3 is 6.18 Å². The summed E-state index contributed by atoms with van der Waals surface area (Å²) in [6.45, 7) is 2.50. The van der Waals surface area contributed by atoms with Crippen LogP contribution in [0, 0.1) is 5.82 Å². The predicted molar refractivity (Wildman–Crippen MR) is 62.6 cm³/mol. The topological polar surface area (TPSA) is 47.3 Å². The van der Waals surface area contributed by atoms with Crippen molar-refractivity contribution in [3.8, 4) is 0 Å². The number of nitrogens with two attached hydrogens (primary N) is 1. The molecule has 0 spiro atoms. The van der Waals surface area contributed by atoms with Gasteiger partial charge in [0.1, 0.15) is 5.82 Å². The number of rotatable bonds is 6. The fourth-order valence-corrected chi connectivity index (χ4v) is 1.56. The Morgan fingerprint density at radius 3 is 2.58 bits per heavy atom. The van der Waals surface area contributed by atoms with Crippen LogP contribution in [-0.4, -0.2) is 13.2 Å². The van der Waals surface area contributed by atoms with Gasteiger partial charge in [-0.15, -0.1) is 0 Å². The average molecular weight is 280 g/mol. The fourth-order valence-electron chi connectivity index (χ4n) is 1.56. The number of benzene rings is 1. The highest BCUT2D eigenvalue weighted by Crippen LogP contribution is 2.32. The van der Waals surface area contributed by atoms with E-state index in [9.17, 15) is 17.6 Å². The lowest BCUT2D eigenvalue weighted by molar-refractivity contribution is -0.140. The number of halogens is 4. The predicted octanol–water partition coefficient (Wildman–Crippen LogP) is 2.78. The Balaban J connectivity index is 2.93. The zero-order valence-corrected chi connectivity index (χ0v) is 10.4. The normalized spacial score (nSPS) is 13.6. The Morgan fingerprint density at radius 2 is 2.05 bits per heavy atom. The van der Waals surface area contributed by atoms with Crippen molar-refractivity contribution >= 4 is 0 Å². The lowest BCUT2D eigenvalue weighted by Crippen LogP contribution is -2.31. The van der Waals surface area contributed by atoms with Crippen LogP contribution in [0.25, 0.3) is 0 Å². The first-order valence-corrected chi connectivity index (χ1v) is 5.80. The lowest BCUT2D eigenvalue weighted by atomic mass is 10.0. The fraction of sp³-hybridized carbons (Fsp3) is 0.500. The summed E-state index contributed by atoms with van der Waals surface area (Å²) in [5.41, 5.74) is 1.28. The Morgan fingerprint density at radius 1 is 1.37 bits per heavy atom. The van der Waals surface area contributed by atoms with Crippen LogP contribution in [0.1, 0.15) is 30.5 Å². The van der Waals surface area contributed by atoms with Gasteiger partial charge in [0.25, 0.3) is 0 Å². The number of ether oxygens (including phenoxy) is 1. The molecule has 0 amide bonds. The maximum atomic E-state index is 13.1. The van der Waals surface area contributed by atoms with E-state index in [0.29, 0.717) is 6.61 Å². The van der Waals surface area contributed by atoms with E-state index in [1.54, 1.807) is 0 Å². The Bertz CT molecular complexity index is 409. The van der Waals surface area contributed by atoms with E-state index in [4.69, 9.17) is 10.6 Å². The van der Waals surface area contributed by atoms with Gasteiger partial charge in [0.05, 0.1) is 18.2 Å². The molecule has 0 aromatic heterocycles. The molecule has 1 aromatic carbocycles. The van der Waals surface area contributed by atoms with Crippen LogP contribution >= 0.6 is 0 Å². The van der Waals surface area contributed by atoms with Gasteiger partial charge in [-0.3, -0.25) is 11.3 Å². The third-order valence-corrected chi connectivity index (χ3v) is 2.53. The van der Waals surface area contributed by atoms with Crippen molar-refractivity contribution in [1.29, 1.82) is 0 Å². The quantitative estimate of drug-likeness (QED) is 0.364. The minimum Gasteiger partial charge on any atom is -0.379 e. The van der Waals surface area contributed by atoms with E-state index in [2.05, 4.69) is 5.43 Å². The van der Waals surface area contributed by atoms with Crippen LogP contribution in [0.15, 0.2) is 18.2 Å². The summed E-state index contributed by atoms with van der Waals surface area (Å²) in [7, 11) is 0. The molecule has 0 radical (unpaired) electrons. The summed E-state index contributed by atoms with van der Waals surface area (Å²) in [5, 5.41) is 0. The van der Waals surface area contributed by atoms with Crippen molar-refractivity contribution in [3.63, 3.8) is 0 Å². The maximum absolute atomic E-state index is 13.1. The molecule has 3 N–H and O–H groups in total. The molecule has 0 saturated heterocycles. The Kier molecular flexibility index (Phi) is 5.71. The van der Waals surface area contributed by atoms with Crippen molar-refractivity contribution in [1.82, 2.24) is 5.43 Å². The SMILES string of the molecule is CCCOCC(NN)c1ccc(F)c(C(F)(F)F)c1. The van der Waals surface area contributed by atoms with E-state index in [1.165, 1.54) is 6.07 Å². The smallest absolute Gasteiger partial charge is 0.379 e. The Hall–Kier alpha value is -1.18. The highest BCUT2D eigenvalue weighted by molar-refractivity contribution is 5.29. The van der Waals surface area contributed by atoms with Crippen LogP contribution in [0.5, 0.6) is 0 Å². The summed E-state index contributed by atoms with van der Waals surface area (Å²) < 4.78 is 56.1. The molecule has 108 valence electrons. The second kappa shape index (κ2) is 6.83. The summed E-state index contributed by atoms with van der Waals surface area (Å²) >= 11 is 0. The molecule has 0 saturated carbocycles. The minimum atomic E-state index is -4.73. The number of hydrogen-bond acceptors (Lipinski definition) is 3. The molecular weight excluding hydrogens is 264 g/mol. The van der Waals surface area contributed by atoms with E-state index >= 15 is 0 Å². The van der Waals surface area contributed by atoms with Gasteiger partial charge < -0.3 is 4.74 Å². The molecule has 1 unspecified atom stereocenters. The molecule has 3 nitrogen and oxygen atoms in total. The molecule has 0 aliphatic carbocycles. The summed E-state index contributed by atoms with van der Waals surface area (Å²) in [6.07, 6.45) is -3.95. The first kappa shape index (κ1) is 15.9. The van der Waals surface area contributed by atoms with Crippen LogP contribution in [-0.2, 0) is 10.9 Å². The number of hydrogen-bond donors (Lipinski definition) is 2. The summed E-state index contributed by atoms with van der Waals surface area (Å²) in [4.78, 5) is 0. The summed E-state index contributed by atoms with van der Waals surface area (Å²) in [6, 6.07) is 2.16. The van der Waals surface area contributed by atoms with E-state index in [1.807, 2.05) is 6.92 Å². The molecule has 1 aromatic rings. The van der Waals surface area contributed by atoms with Crippen LogP contribution in [0.2, 0.25) is 0 Å². The van der Waals surface area contributed by atoms with Crippen molar-refractivity contribution < 1.29 is 22.3 Å². The van der Waals surface area contributed by atoms with Crippen LogP contribution in [0.3, 0.4) is 0 Å². The van der Waals surface area contributed by atoms with E-state index < -0.39 is 23.6 Å². The number of nitrogens with one attached hydrogen (secondary N) is 1. The van der Waals surface area contributed by atoms with Gasteiger partial charge in [-0.2, -0.15) is 13.2 Å². The molecule has 0 heterocycles.